The Morgan fingerprint density at radius 1 is 0.952 bits per heavy atom. The third kappa shape index (κ3) is 7.27. The second-order valence-electron chi connectivity index (χ2n) is 5.47. The molecule has 0 amide bonds. The van der Waals surface area contributed by atoms with Gasteiger partial charge in [0.05, 0.1) is 0 Å². The highest BCUT2D eigenvalue weighted by molar-refractivity contribution is 5.55. The first kappa shape index (κ1) is 17.7. The van der Waals surface area contributed by atoms with Crippen LogP contribution >= 0.6 is 0 Å². The summed E-state index contributed by atoms with van der Waals surface area (Å²) in [5.74, 6) is 0. The van der Waals surface area contributed by atoms with Crippen molar-refractivity contribution >= 4 is 11.8 Å². The van der Waals surface area contributed by atoms with Gasteiger partial charge in [-0.05, 0) is 56.7 Å². The van der Waals surface area contributed by atoms with Gasteiger partial charge in [0, 0.05) is 26.3 Å². The molecular weight excluding hydrogens is 260 g/mol. The maximum atomic E-state index is 5.59. The van der Waals surface area contributed by atoms with Crippen molar-refractivity contribution < 1.29 is 0 Å². The smallest absolute Gasteiger partial charge is 0.0361 e. The largest absolute Gasteiger partial charge is 0.378 e. The molecule has 0 saturated carbocycles. The first-order valence-corrected chi connectivity index (χ1v) is 7.73. The molecule has 1 aromatic carbocycles. The summed E-state index contributed by atoms with van der Waals surface area (Å²) < 4.78 is 0. The Bertz CT molecular complexity index is 390. The lowest BCUT2D eigenvalue weighted by molar-refractivity contribution is 0.298. The summed E-state index contributed by atoms with van der Waals surface area (Å²) in [6.45, 7) is 4.53. The van der Waals surface area contributed by atoms with Gasteiger partial charge in [-0.25, -0.2) is 0 Å². The fourth-order valence-corrected chi connectivity index (χ4v) is 2.15. The Hall–Kier alpha value is -1.36. The molecule has 0 aromatic heterocycles. The summed E-state index contributed by atoms with van der Waals surface area (Å²) in [7, 11) is 4.11. The van der Waals surface area contributed by atoms with E-state index in [1.54, 1.807) is 0 Å². The van der Waals surface area contributed by atoms with Crippen molar-refractivity contribution in [1.29, 1.82) is 0 Å². The van der Waals surface area contributed by atoms with Gasteiger partial charge in [0.25, 0.3) is 0 Å². The average Bonchev–Trinajstić information content (AvgIpc) is 2.50. The summed E-state index contributed by atoms with van der Waals surface area (Å²) in [6, 6.07) is 8.58. The van der Waals surface area contributed by atoms with Gasteiger partial charge in [0.15, 0.2) is 0 Å². The molecule has 0 aliphatic rings. The predicted octanol–water partition coefficient (Wildman–Crippen LogP) is 1.77. The first-order valence-electron chi connectivity index (χ1n) is 7.73. The van der Waals surface area contributed by atoms with E-state index < -0.39 is 0 Å². The average molecular weight is 290 g/mol. The molecule has 4 heteroatoms. The van der Waals surface area contributed by atoms with E-state index in [4.69, 9.17) is 11.5 Å². The van der Waals surface area contributed by atoms with Crippen molar-refractivity contribution in [3.63, 3.8) is 0 Å². The van der Waals surface area contributed by atoms with Crippen LogP contribution in [-0.4, -0.2) is 51.7 Å². The molecule has 0 spiro atoms. The van der Waals surface area contributed by atoms with Crippen LogP contribution in [0.2, 0.25) is 0 Å². The third-order valence-corrected chi connectivity index (χ3v) is 3.44. The lowest BCUT2D eigenvalue weighted by Crippen LogP contribution is -2.28. The molecule has 118 valence electrons. The van der Waals surface area contributed by atoms with Crippen molar-refractivity contribution in [2.24, 2.45) is 11.5 Å². The molecule has 0 aliphatic carbocycles. The minimum absolute atomic E-state index is 0.745. The van der Waals surface area contributed by atoms with Gasteiger partial charge in [0.2, 0.25) is 0 Å². The maximum Gasteiger partial charge on any atom is 0.0361 e. The molecular formula is C17H30N4. The van der Waals surface area contributed by atoms with Crippen LogP contribution in [0.3, 0.4) is 0 Å². The molecule has 4 nitrogen and oxygen atoms in total. The van der Waals surface area contributed by atoms with E-state index in [0.717, 1.165) is 45.6 Å². The van der Waals surface area contributed by atoms with Crippen molar-refractivity contribution in [1.82, 2.24) is 4.90 Å². The van der Waals surface area contributed by atoms with Gasteiger partial charge in [-0.1, -0.05) is 24.3 Å². The number of hydrogen-bond donors (Lipinski definition) is 2. The van der Waals surface area contributed by atoms with Gasteiger partial charge >= 0.3 is 0 Å². The van der Waals surface area contributed by atoms with E-state index in [2.05, 4.69) is 60.3 Å². The highest BCUT2D eigenvalue weighted by Crippen LogP contribution is 2.13. The van der Waals surface area contributed by atoms with Crippen molar-refractivity contribution in [3.8, 4) is 0 Å². The second kappa shape index (κ2) is 10.4. The SMILES string of the molecule is CN(C)c1ccc(/C=C/CN(CCCN)CCCN)cc1. The molecule has 0 saturated heterocycles. The van der Waals surface area contributed by atoms with Crippen LogP contribution in [0.25, 0.3) is 6.08 Å². The molecule has 4 N–H and O–H groups in total. The Labute approximate surface area is 129 Å². The zero-order valence-electron chi connectivity index (χ0n) is 13.5. The van der Waals surface area contributed by atoms with Crippen LogP contribution < -0.4 is 16.4 Å². The number of hydrogen-bond acceptors (Lipinski definition) is 4. The molecule has 21 heavy (non-hydrogen) atoms. The van der Waals surface area contributed by atoms with Crippen LogP contribution in [0, 0.1) is 0 Å². The number of benzene rings is 1. The molecule has 0 fully saturated rings. The van der Waals surface area contributed by atoms with Crippen LogP contribution in [0.15, 0.2) is 30.3 Å². The zero-order valence-corrected chi connectivity index (χ0v) is 13.5. The van der Waals surface area contributed by atoms with E-state index in [9.17, 15) is 0 Å². The molecule has 1 rings (SSSR count). The molecule has 0 aliphatic heterocycles. The number of nitrogens with two attached hydrogens (primary N) is 2. The summed E-state index contributed by atoms with van der Waals surface area (Å²) in [6.07, 6.45) is 6.47. The van der Waals surface area contributed by atoms with Gasteiger partial charge in [0.1, 0.15) is 0 Å². The van der Waals surface area contributed by atoms with E-state index in [1.165, 1.54) is 11.3 Å². The minimum atomic E-state index is 0.745. The normalized spacial score (nSPS) is 11.5. The lowest BCUT2D eigenvalue weighted by Gasteiger charge is -2.19. The Morgan fingerprint density at radius 3 is 2.00 bits per heavy atom. The number of nitrogens with zero attached hydrogens (tertiary/aromatic N) is 2. The van der Waals surface area contributed by atoms with E-state index in [1.807, 2.05) is 0 Å². The highest BCUT2D eigenvalue weighted by atomic mass is 15.1. The topological polar surface area (TPSA) is 58.5 Å². The van der Waals surface area contributed by atoms with E-state index in [0.29, 0.717) is 0 Å². The van der Waals surface area contributed by atoms with Gasteiger partial charge < -0.3 is 16.4 Å². The van der Waals surface area contributed by atoms with Crippen molar-refractivity contribution in [2.75, 3.05) is 51.7 Å². The molecule has 0 bridgehead atoms. The van der Waals surface area contributed by atoms with Gasteiger partial charge in [-0.3, -0.25) is 4.90 Å². The second-order valence-corrected chi connectivity index (χ2v) is 5.47. The maximum absolute atomic E-state index is 5.59. The molecule has 0 atom stereocenters. The summed E-state index contributed by atoms with van der Waals surface area (Å²) >= 11 is 0. The highest BCUT2D eigenvalue weighted by Gasteiger charge is 2.01. The summed E-state index contributed by atoms with van der Waals surface area (Å²) in [4.78, 5) is 4.51. The molecule has 1 aromatic rings. The third-order valence-electron chi connectivity index (χ3n) is 3.44. The van der Waals surface area contributed by atoms with E-state index in [-0.39, 0.29) is 0 Å². The minimum Gasteiger partial charge on any atom is -0.378 e. The predicted molar refractivity (Wildman–Crippen MR) is 93.6 cm³/mol. The summed E-state index contributed by atoms with van der Waals surface area (Å²) in [5, 5.41) is 0. The fraction of sp³-hybridized carbons (Fsp3) is 0.529. The van der Waals surface area contributed by atoms with Crippen LogP contribution in [0.5, 0.6) is 0 Å². The van der Waals surface area contributed by atoms with E-state index >= 15 is 0 Å². The zero-order chi connectivity index (χ0) is 15.5. The molecule has 0 radical (unpaired) electrons. The Kier molecular flexibility index (Phi) is 8.74. The quantitative estimate of drug-likeness (QED) is 0.689. The standard InChI is InChI=1S/C17H30N4/c1-20(2)17-9-7-16(8-10-17)6-3-13-21(14-4-11-18)15-5-12-19/h3,6-10H,4-5,11-15,18-19H2,1-2H3/b6-3+. The molecule has 0 unspecified atom stereocenters. The van der Waals surface area contributed by atoms with Crippen LogP contribution in [0.4, 0.5) is 5.69 Å². The monoisotopic (exact) mass is 290 g/mol. The number of rotatable bonds is 10. The van der Waals surface area contributed by atoms with Gasteiger partial charge in [-0.15, -0.1) is 0 Å². The van der Waals surface area contributed by atoms with Crippen LogP contribution in [-0.2, 0) is 0 Å². The number of anilines is 1. The molecule has 0 heterocycles. The Morgan fingerprint density at radius 2 is 1.52 bits per heavy atom. The van der Waals surface area contributed by atoms with Gasteiger partial charge in [-0.2, -0.15) is 0 Å². The fourth-order valence-electron chi connectivity index (χ4n) is 2.15. The summed E-state index contributed by atoms with van der Waals surface area (Å²) in [5.41, 5.74) is 13.6. The van der Waals surface area contributed by atoms with Crippen LogP contribution in [0.1, 0.15) is 18.4 Å². The first-order chi connectivity index (χ1) is 10.2. The van der Waals surface area contributed by atoms with Crippen molar-refractivity contribution in [3.05, 3.63) is 35.9 Å². The lowest BCUT2D eigenvalue weighted by atomic mass is 10.2. The Balaban J connectivity index is 2.48. The van der Waals surface area contributed by atoms with Crippen molar-refractivity contribution in [2.45, 2.75) is 12.8 Å².